The fraction of sp³-hybridized carbons (Fsp3) is 0.211. The number of nitrogens with zero attached hydrogens (tertiary/aromatic N) is 2. The summed E-state index contributed by atoms with van der Waals surface area (Å²) in [6.45, 7) is 4.60. The van der Waals surface area contributed by atoms with Crippen molar-refractivity contribution in [3.63, 3.8) is 0 Å². The topological polar surface area (TPSA) is 81.6 Å². The highest BCUT2D eigenvalue weighted by molar-refractivity contribution is 5.94. The van der Waals surface area contributed by atoms with Gasteiger partial charge in [0.05, 0.1) is 22.7 Å². The van der Waals surface area contributed by atoms with Crippen molar-refractivity contribution >= 4 is 16.9 Å². The maximum atomic E-state index is 12.2. The third kappa shape index (κ3) is 3.28. The zero-order chi connectivity index (χ0) is 17.1. The van der Waals surface area contributed by atoms with E-state index in [9.17, 15) is 4.79 Å². The van der Waals surface area contributed by atoms with Gasteiger partial charge in [-0.1, -0.05) is 26.0 Å². The molecule has 0 spiro atoms. The summed E-state index contributed by atoms with van der Waals surface area (Å²) < 4.78 is 0. The van der Waals surface area contributed by atoms with Gasteiger partial charge < -0.3 is 10.3 Å². The van der Waals surface area contributed by atoms with Crippen LogP contribution in [0, 0.1) is 11.3 Å². The van der Waals surface area contributed by atoms with Crippen LogP contribution in [0.5, 0.6) is 0 Å². The van der Waals surface area contributed by atoms with Gasteiger partial charge in [-0.3, -0.25) is 4.79 Å². The second kappa shape index (κ2) is 6.55. The molecular weight excluding hydrogens is 300 g/mol. The average Bonchev–Trinajstić information content (AvgIpc) is 3.03. The molecule has 0 aliphatic rings. The number of hydrogen-bond donors (Lipinski definition) is 2. The smallest absolute Gasteiger partial charge is 0.251 e. The molecule has 0 aliphatic heterocycles. The maximum Gasteiger partial charge on any atom is 0.251 e. The number of H-pyrrole nitrogens is 1. The summed E-state index contributed by atoms with van der Waals surface area (Å²) in [6, 6.07) is 14.6. The van der Waals surface area contributed by atoms with Crippen LogP contribution < -0.4 is 5.32 Å². The molecule has 1 heterocycles. The molecule has 0 bridgehead atoms. The molecule has 5 nitrogen and oxygen atoms in total. The fourth-order valence-corrected chi connectivity index (χ4v) is 2.47. The summed E-state index contributed by atoms with van der Waals surface area (Å²) in [5, 5.41) is 11.8. The van der Waals surface area contributed by atoms with Crippen molar-refractivity contribution in [2.45, 2.75) is 26.3 Å². The van der Waals surface area contributed by atoms with Crippen LogP contribution in [-0.4, -0.2) is 15.9 Å². The van der Waals surface area contributed by atoms with Crippen molar-refractivity contribution < 1.29 is 4.79 Å². The Bertz CT molecular complexity index is 934. The van der Waals surface area contributed by atoms with Gasteiger partial charge in [-0.15, -0.1) is 0 Å². The van der Waals surface area contributed by atoms with E-state index in [0.29, 0.717) is 23.6 Å². The molecule has 1 aromatic heterocycles. The lowest BCUT2D eigenvalue weighted by Crippen LogP contribution is -2.22. The number of benzene rings is 2. The SMILES string of the molecule is CC(C)c1nc2ccc(CNC(=O)c3cccc(C#N)c3)cc2[nH]1. The van der Waals surface area contributed by atoms with E-state index in [0.717, 1.165) is 22.4 Å². The zero-order valence-electron chi connectivity index (χ0n) is 13.6. The lowest BCUT2D eigenvalue weighted by molar-refractivity contribution is 0.0951. The first-order valence-corrected chi connectivity index (χ1v) is 7.83. The van der Waals surface area contributed by atoms with Crippen molar-refractivity contribution in [3.8, 4) is 6.07 Å². The van der Waals surface area contributed by atoms with Gasteiger partial charge in [0.25, 0.3) is 5.91 Å². The Morgan fingerprint density at radius 1 is 1.29 bits per heavy atom. The van der Waals surface area contributed by atoms with E-state index in [1.165, 1.54) is 0 Å². The Morgan fingerprint density at radius 2 is 2.12 bits per heavy atom. The predicted molar refractivity (Wildman–Crippen MR) is 92.5 cm³/mol. The van der Waals surface area contributed by atoms with Crippen LogP contribution in [0.2, 0.25) is 0 Å². The highest BCUT2D eigenvalue weighted by atomic mass is 16.1. The third-order valence-electron chi connectivity index (χ3n) is 3.82. The summed E-state index contributed by atoms with van der Waals surface area (Å²) in [4.78, 5) is 20.1. The first-order chi connectivity index (χ1) is 11.6. The summed E-state index contributed by atoms with van der Waals surface area (Å²) in [6.07, 6.45) is 0. The summed E-state index contributed by atoms with van der Waals surface area (Å²) in [7, 11) is 0. The number of aromatic nitrogens is 2. The van der Waals surface area contributed by atoms with E-state index in [2.05, 4.69) is 29.1 Å². The fourth-order valence-electron chi connectivity index (χ4n) is 2.47. The van der Waals surface area contributed by atoms with Crippen molar-refractivity contribution in [1.29, 1.82) is 5.26 Å². The van der Waals surface area contributed by atoms with Crippen molar-refractivity contribution in [2.75, 3.05) is 0 Å². The Balaban J connectivity index is 1.73. The number of imidazole rings is 1. The molecule has 24 heavy (non-hydrogen) atoms. The van der Waals surface area contributed by atoms with Crippen LogP contribution in [0.3, 0.4) is 0 Å². The van der Waals surface area contributed by atoms with E-state index < -0.39 is 0 Å². The maximum absolute atomic E-state index is 12.2. The van der Waals surface area contributed by atoms with Gasteiger partial charge in [0, 0.05) is 18.0 Å². The van der Waals surface area contributed by atoms with E-state index in [-0.39, 0.29) is 5.91 Å². The quantitative estimate of drug-likeness (QED) is 0.772. The number of rotatable bonds is 4. The van der Waals surface area contributed by atoms with Crippen LogP contribution in [0.15, 0.2) is 42.5 Å². The lowest BCUT2D eigenvalue weighted by atomic mass is 10.1. The minimum Gasteiger partial charge on any atom is -0.348 e. The summed E-state index contributed by atoms with van der Waals surface area (Å²) in [5.41, 5.74) is 3.85. The molecule has 1 amide bonds. The van der Waals surface area contributed by atoms with E-state index in [1.54, 1.807) is 24.3 Å². The molecule has 5 heteroatoms. The molecule has 2 aromatic carbocycles. The van der Waals surface area contributed by atoms with E-state index in [4.69, 9.17) is 5.26 Å². The monoisotopic (exact) mass is 318 g/mol. The molecule has 0 aliphatic carbocycles. The number of carbonyl (C=O) groups is 1. The summed E-state index contributed by atoms with van der Waals surface area (Å²) in [5.74, 6) is 1.10. The minimum absolute atomic E-state index is 0.195. The van der Waals surface area contributed by atoms with E-state index >= 15 is 0 Å². The van der Waals surface area contributed by atoms with Crippen LogP contribution >= 0.6 is 0 Å². The predicted octanol–water partition coefficient (Wildman–Crippen LogP) is 3.49. The number of nitrogens with one attached hydrogen (secondary N) is 2. The normalized spacial score (nSPS) is 10.8. The second-order valence-corrected chi connectivity index (χ2v) is 6.00. The van der Waals surface area contributed by atoms with Gasteiger partial charge in [-0.25, -0.2) is 4.98 Å². The molecule has 120 valence electrons. The van der Waals surface area contributed by atoms with Gasteiger partial charge in [0.2, 0.25) is 0 Å². The number of aromatic amines is 1. The standard InChI is InChI=1S/C19H18N4O/c1-12(2)18-22-16-7-6-14(9-17(16)23-18)11-21-19(24)15-5-3-4-13(8-15)10-20/h3-9,12H,11H2,1-2H3,(H,21,24)(H,22,23). The Kier molecular flexibility index (Phi) is 4.30. The molecule has 0 atom stereocenters. The molecule has 0 fully saturated rings. The van der Waals surface area contributed by atoms with Crippen molar-refractivity contribution in [1.82, 2.24) is 15.3 Å². The molecule has 3 rings (SSSR count). The van der Waals surface area contributed by atoms with Gasteiger partial charge in [-0.05, 0) is 35.9 Å². The number of amides is 1. The second-order valence-electron chi connectivity index (χ2n) is 6.00. The lowest BCUT2D eigenvalue weighted by Gasteiger charge is -2.06. The van der Waals surface area contributed by atoms with Crippen LogP contribution in [0.25, 0.3) is 11.0 Å². The summed E-state index contributed by atoms with van der Waals surface area (Å²) >= 11 is 0. The minimum atomic E-state index is -0.195. The molecule has 2 N–H and O–H groups in total. The van der Waals surface area contributed by atoms with Crippen LogP contribution in [0.4, 0.5) is 0 Å². The average molecular weight is 318 g/mol. The zero-order valence-corrected chi connectivity index (χ0v) is 13.6. The molecule has 0 radical (unpaired) electrons. The number of hydrogen-bond acceptors (Lipinski definition) is 3. The van der Waals surface area contributed by atoms with E-state index in [1.807, 2.05) is 24.3 Å². The third-order valence-corrected chi connectivity index (χ3v) is 3.82. The Labute approximate surface area is 140 Å². The first-order valence-electron chi connectivity index (χ1n) is 7.83. The highest BCUT2D eigenvalue weighted by Crippen LogP contribution is 2.18. The number of nitriles is 1. The van der Waals surface area contributed by atoms with Crippen molar-refractivity contribution in [3.05, 3.63) is 65.0 Å². The van der Waals surface area contributed by atoms with Crippen LogP contribution in [0.1, 0.15) is 47.1 Å². The number of carbonyl (C=O) groups excluding carboxylic acids is 1. The Morgan fingerprint density at radius 3 is 2.88 bits per heavy atom. The van der Waals surface area contributed by atoms with Gasteiger partial charge >= 0.3 is 0 Å². The van der Waals surface area contributed by atoms with Gasteiger partial charge in [0.1, 0.15) is 5.82 Å². The first kappa shape index (κ1) is 15.8. The van der Waals surface area contributed by atoms with Gasteiger partial charge in [0.15, 0.2) is 0 Å². The molecule has 0 unspecified atom stereocenters. The molecule has 0 saturated heterocycles. The highest BCUT2D eigenvalue weighted by Gasteiger charge is 2.09. The Hall–Kier alpha value is -3.13. The molecule has 0 saturated carbocycles. The van der Waals surface area contributed by atoms with Gasteiger partial charge in [-0.2, -0.15) is 5.26 Å². The molecule has 3 aromatic rings. The largest absolute Gasteiger partial charge is 0.348 e. The molecular formula is C19H18N4O. The van der Waals surface area contributed by atoms with Crippen molar-refractivity contribution in [2.24, 2.45) is 0 Å². The van der Waals surface area contributed by atoms with Crippen LogP contribution in [-0.2, 0) is 6.54 Å². The number of fused-ring (bicyclic) bond motifs is 1.